The first-order valence-corrected chi connectivity index (χ1v) is 7.42. The normalized spacial score (nSPS) is 14.8. The molecule has 2 heteroatoms. The van der Waals surface area contributed by atoms with Crippen molar-refractivity contribution in [3.05, 3.63) is 0 Å². The summed E-state index contributed by atoms with van der Waals surface area (Å²) in [5, 5.41) is 17.8. The van der Waals surface area contributed by atoms with E-state index in [0.29, 0.717) is 25.0 Å². The van der Waals surface area contributed by atoms with Gasteiger partial charge in [0.15, 0.2) is 0 Å². The van der Waals surface area contributed by atoms with Gasteiger partial charge in [0.1, 0.15) is 0 Å². The first kappa shape index (κ1) is 16.9. The van der Waals surface area contributed by atoms with Crippen LogP contribution in [0.15, 0.2) is 0 Å². The fraction of sp³-hybridized carbons (Fsp3) is 1.00. The lowest BCUT2D eigenvalue weighted by molar-refractivity contribution is 0.226. The molecule has 17 heavy (non-hydrogen) atoms. The number of unbranched alkanes of at least 4 members (excludes halogenated alkanes) is 6. The van der Waals surface area contributed by atoms with Gasteiger partial charge < -0.3 is 10.2 Å². The highest BCUT2D eigenvalue weighted by atomic mass is 16.3. The second kappa shape index (κ2) is 12.4. The molecule has 0 spiro atoms. The fourth-order valence-electron chi connectivity index (χ4n) is 2.05. The molecule has 0 aliphatic rings. The Hall–Kier alpha value is -0.0800. The molecule has 2 nitrogen and oxygen atoms in total. The Morgan fingerprint density at radius 3 is 1.18 bits per heavy atom. The highest BCUT2D eigenvalue weighted by molar-refractivity contribution is 4.53. The number of aliphatic hydroxyl groups excluding tert-OH is 2. The van der Waals surface area contributed by atoms with E-state index in [1.165, 1.54) is 57.8 Å². The van der Waals surface area contributed by atoms with Gasteiger partial charge in [0.05, 0.1) is 0 Å². The predicted molar refractivity (Wildman–Crippen MR) is 74.1 cm³/mol. The van der Waals surface area contributed by atoms with Gasteiger partial charge in [-0.2, -0.15) is 0 Å². The average molecular weight is 244 g/mol. The Bertz CT molecular complexity index is 132. The molecule has 0 aromatic heterocycles. The maximum Gasteiger partial charge on any atom is 0.0456 e. The van der Waals surface area contributed by atoms with E-state index in [9.17, 15) is 0 Å². The summed E-state index contributed by atoms with van der Waals surface area (Å²) in [5.41, 5.74) is 0. The Morgan fingerprint density at radius 1 is 0.588 bits per heavy atom. The van der Waals surface area contributed by atoms with Crippen molar-refractivity contribution in [1.29, 1.82) is 0 Å². The van der Waals surface area contributed by atoms with Gasteiger partial charge in [0, 0.05) is 13.2 Å². The van der Waals surface area contributed by atoms with Crippen molar-refractivity contribution in [2.75, 3.05) is 13.2 Å². The Balaban J connectivity index is 3.04. The molecule has 0 aromatic rings. The van der Waals surface area contributed by atoms with Crippen LogP contribution in [0.5, 0.6) is 0 Å². The quantitative estimate of drug-likeness (QED) is 0.513. The minimum Gasteiger partial charge on any atom is -0.396 e. The van der Waals surface area contributed by atoms with E-state index in [4.69, 9.17) is 10.2 Å². The van der Waals surface area contributed by atoms with Crippen LogP contribution >= 0.6 is 0 Å². The maximum atomic E-state index is 8.88. The molecule has 0 aliphatic carbocycles. The van der Waals surface area contributed by atoms with Crippen LogP contribution in [0.3, 0.4) is 0 Å². The Labute approximate surface area is 107 Å². The molecule has 0 saturated heterocycles. The van der Waals surface area contributed by atoms with Crippen LogP contribution in [0.4, 0.5) is 0 Å². The van der Waals surface area contributed by atoms with Crippen LogP contribution < -0.4 is 0 Å². The third-order valence-electron chi connectivity index (χ3n) is 3.52. The minimum absolute atomic E-state index is 0.336. The summed E-state index contributed by atoms with van der Waals surface area (Å²) in [6, 6.07) is 0. The fourth-order valence-corrected chi connectivity index (χ4v) is 2.05. The minimum atomic E-state index is 0.336. The standard InChI is InChI=1S/C15H32O2/c1-14(12-16)10-8-6-4-3-5-7-9-11-15(2)13-17/h14-17H,3-13H2,1-2H3. The second-order valence-corrected chi connectivity index (χ2v) is 5.63. The summed E-state index contributed by atoms with van der Waals surface area (Å²) < 4.78 is 0. The maximum absolute atomic E-state index is 8.88. The lowest BCUT2D eigenvalue weighted by atomic mass is 10.0. The van der Waals surface area contributed by atoms with Gasteiger partial charge >= 0.3 is 0 Å². The molecule has 2 atom stereocenters. The molecular formula is C15H32O2. The van der Waals surface area contributed by atoms with Crippen molar-refractivity contribution in [3.8, 4) is 0 Å². The van der Waals surface area contributed by atoms with Crippen LogP contribution in [0.2, 0.25) is 0 Å². The molecular weight excluding hydrogens is 212 g/mol. The van der Waals surface area contributed by atoms with Gasteiger partial charge in [-0.25, -0.2) is 0 Å². The summed E-state index contributed by atoms with van der Waals surface area (Å²) in [6.45, 7) is 4.90. The zero-order valence-electron chi connectivity index (χ0n) is 11.8. The topological polar surface area (TPSA) is 40.5 Å². The molecule has 0 amide bonds. The van der Waals surface area contributed by atoms with Gasteiger partial charge in [-0.3, -0.25) is 0 Å². The van der Waals surface area contributed by atoms with Crippen LogP contribution in [0.25, 0.3) is 0 Å². The molecule has 0 heterocycles. The molecule has 0 aromatic carbocycles. The van der Waals surface area contributed by atoms with E-state index in [-0.39, 0.29) is 0 Å². The Morgan fingerprint density at radius 2 is 0.882 bits per heavy atom. The molecule has 0 bridgehead atoms. The average Bonchev–Trinajstić information content (AvgIpc) is 2.35. The lowest BCUT2D eigenvalue weighted by Crippen LogP contribution is -2.00. The van der Waals surface area contributed by atoms with E-state index in [1.807, 2.05) is 0 Å². The number of aliphatic hydroxyl groups is 2. The molecule has 0 fully saturated rings. The van der Waals surface area contributed by atoms with Crippen LogP contribution in [0, 0.1) is 11.8 Å². The van der Waals surface area contributed by atoms with Crippen molar-refractivity contribution < 1.29 is 10.2 Å². The molecule has 0 saturated carbocycles. The highest BCUT2D eigenvalue weighted by Gasteiger charge is 2.00. The molecule has 0 radical (unpaired) electrons. The third kappa shape index (κ3) is 12.2. The zero-order valence-corrected chi connectivity index (χ0v) is 11.8. The summed E-state index contributed by atoms with van der Waals surface area (Å²) in [6.07, 6.45) is 11.5. The summed E-state index contributed by atoms with van der Waals surface area (Å²) in [5.74, 6) is 0.963. The first-order chi connectivity index (χ1) is 8.20. The summed E-state index contributed by atoms with van der Waals surface area (Å²) in [7, 11) is 0. The summed E-state index contributed by atoms with van der Waals surface area (Å²) >= 11 is 0. The largest absolute Gasteiger partial charge is 0.396 e. The van der Waals surface area contributed by atoms with Gasteiger partial charge in [-0.05, 0) is 24.7 Å². The van der Waals surface area contributed by atoms with E-state index in [1.54, 1.807) is 0 Å². The second-order valence-electron chi connectivity index (χ2n) is 5.63. The van der Waals surface area contributed by atoms with E-state index < -0.39 is 0 Å². The van der Waals surface area contributed by atoms with Crippen molar-refractivity contribution in [2.24, 2.45) is 11.8 Å². The smallest absolute Gasteiger partial charge is 0.0456 e. The molecule has 0 rings (SSSR count). The highest BCUT2D eigenvalue weighted by Crippen LogP contribution is 2.14. The van der Waals surface area contributed by atoms with Crippen LogP contribution in [-0.4, -0.2) is 23.4 Å². The summed E-state index contributed by atoms with van der Waals surface area (Å²) in [4.78, 5) is 0. The van der Waals surface area contributed by atoms with Crippen LogP contribution in [-0.2, 0) is 0 Å². The number of hydrogen-bond donors (Lipinski definition) is 2. The number of hydrogen-bond acceptors (Lipinski definition) is 2. The monoisotopic (exact) mass is 244 g/mol. The van der Waals surface area contributed by atoms with Gasteiger partial charge in [-0.1, -0.05) is 58.8 Å². The van der Waals surface area contributed by atoms with E-state index >= 15 is 0 Å². The molecule has 2 N–H and O–H groups in total. The number of rotatable bonds is 12. The van der Waals surface area contributed by atoms with Gasteiger partial charge in [0.2, 0.25) is 0 Å². The van der Waals surface area contributed by atoms with E-state index in [2.05, 4.69) is 13.8 Å². The molecule has 104 valence electrons. The van der Waals surface area contributed by atoms with Gasteiger partial charge in [-0.15, -0.1) is 0 Å². The SMILES string of the molecule is CC(CO)CCCCCCCCCC(C)CO. The van der Waals surface area contributed by atoms with Gasteiger partial charge in [0.25, 0.3) is 0 Å². The van der Waals surface area contributed by atoms with E-state index in [0.717, 1.165) is 0 Å². The predicted octanol–water partition coefficient (Wildman–Crippen LogP) is 3.75. The zero-order chi connectivity index (χ0) is 12.9. The molecule has 2 unspecified atom stereocenters. The van der Waals surface area contributed by atoms with Crippen LogP contribution in [0.1, 0.15) is 71.6 Å². The van der Waals surface area contributed by atoms with Crippen molar-refractivity contribution in [1.82, 2.24) is 0 Å². The first-order valence-electron chi connectivity index (χ1n) is 7.42. The third-order valence-corrected chi connectivity index (χ3v) is 3.52. The molecule has 0 aliphatic heterocycles. The lowest BCUT2D eigenvalue weighted by Gasteiger charge is -2.08. The Kier molecular flexibility index (Phi) is 12.3. The van der Waals surface area contributed by atoms with Crippen molar-refractivity contribution in [2.45, 2.75) is 71.6 Å². The van der Waals surface area contributed by atoms with Crippen molar-refractivity contribution >= 4 is 0 Å². The van der Waals surface area contributed by atoms with Crippen molar-refractivity contribution in [3.63, 3.8) is 0 Å².